The Kier molecular flexibility index (Phi) is 10.4. The highest BCUT2D eigenvalue weighted by Gasteiger charge is 2.20. The SMILES string of the molecule is CCC(Sc1cccc(NC(=O)/C(=C\c2ccc(Cl)cc2Cl)NC(=O)c2ccccc2)c1)C(=O)Nc1nccs1. The summed E-state index contributed by atoms with van der Waals surface area (Å²) in [5.74, 6) is -1.15. The summed E-state index contributed by atoms with van der Waals surface area (Å²) in [4.78, 5) is 43.9. The summed E-state index contributed by atoms with van der Waals surface area (Å²) in [5, 5.41) is 11.1. The Balaban J connectivity index is 1.53. The average molecular weight is 612 g/mol. The van der Waals surface area contributed by atoms with Crippen molar-refractivity contribution in [2.45, 2.75) is 23.5 Å². The van der Waals surface area contributed by atoms with Crippen LogP contribution in [0.15, 0.2) is 95.0 Å². The largest absolute Gasteiger partial charge is 0.321 e. The minimum Gasteiger partial charge on any atom is -0.321 e. The molecular weight excluding hydrogens is 587 g/mol. The standard InChI is InChI=1S/C29H24Cl2N4O3S2/c1-2-25(28(38)35-29-32-13-14-39-29)40-22-10-6-9-21(17-22)33-27(37)24(15-19-11-12-20(30)16-23(19)31)34-26(36)18-7-4-3-5-8-18/h3-17,25H,2H2,1H3,(H,33,37)(H,34,36)(H,32,35,38)/b24-15+. The maximum absolute atomic E-state index is 13.4. The lowest BCUT2D eigenvalue weighted by Crippen LogP contribution is -2.30. The predicted octanol–water partition coefficient (Wildman–Crippen LogP) is 7.37. The molecule has 40 heavy (non-hydrogen) atoms. The molecule has 0 radical (unpaired) electrons. The van der Waals surface area contributed by atoms with Crippen LogP contribution in [-0.2, 0) is 9.59 Å². The van der Waals surface area contributed by atoms with E-state index in [0.29, 0.717) is 38.4 Å². The van der Waals surface area contributed by atoms with Gasteiger partial charge in [-0.3, -0.25) is 14.4 Å². The number of aromatic nitrogens is 1. The summed E-state index contributed by atoms with van der Waals surface area (Å²) < 4.78 is 0. The van der Waals surface area contributed by atoms with E-state index >= 15 is 0 Å². The van der Waals surface area contributed by atoms with Gasteiger partial charge < -0.3 is 16.0 Å². The van der Waals surface area contributed by atoms with Crippen molar-refractivity contribution in [2.75, 3.05) is 10.6 Å². The molecule has 1 heterocycles. The number of hydrogen-bond acceptors (Lipinski definition) is 6. The lowest BCUT2D eigenvalue weighted by Gasteiger charge is -2.15. The summed E-state index contributed by atoms with van der Waals surface area (Å²) >= 11 is 15.1. The second-order valence-corrected chi connectivity index (χ2v) is 11.4. The van der Waals surface area contributed by atoms with Gasteiger partial charge in [-0.25, -0.2) is 4.98 Å². The molecule has 4 rings (SSSR count). The van der Waals surface area contributed by atoms with E-state index in [1.807, 2.05) is 13.0 Å². The zero-order valence-corrected chi connectivity index (χ0v) is 24.3. The third-order valence-corrected chi connectivity index (χ3v) is 8.10. The topological polar surface area (TPSA) is 100 Å². The molecule has 0 aliphatic rings. The molecule has 0 saturated carbocycles. The van der Waals surface area contributed by atoms with Gasteiger partial charge in [-0.1, -0.05) is 60.5 Å². The normalized spacial score (nSPS) is 11.9. The molecule has 1 unspecified atom stereocenters. The van der Waals surface area contributed by atoms with Crippen LogP contribution >= 0.6 is 46.3 Å². The smallest absolute Gasteiger partial charge is 0.272 e. The number of nitrogens with zero attached hydrogens (tertiary/aromatic N) is 1. The Morgan fingerprint density at radius 1 is 1.00 bits per heavy atom. The summed E-state index contributed by atoms with van der Waals surface area (Å²) in [7, 11) is 0. The van der Waals surface area contributed by atoms with Crippen molar-refractivity contribution in [1.82, 2.24) is 10.3 Å². The van der Waals surface area contributed by atoms with Gasteiger partial charge in [0.25, 0.3) is 11.8 Å². The second kappa shape index (κ2) is 14.1. The lowest BCUT2D eigenvalue weighted by molar-refractivity contribution is -0.116. The summed E-state index contributed by atoms with van der Waals surface area (Å²) in [6.45, 7) is 1.93. The Morgan fingerprint density at radius 3 is 2.50 bits per heavy atom. The molecule has 1 aromatic heterocycles. The van der Waals surface area contributed by atoms with Crippen LogP contribution in [0.2, 0.25) is 10.0 Å². The first-order valence-corrected chi connectivity index (χ1v) is 14.7. The van der Waals surface area contributed by atoms with Crippen LogP contribution in [0.5, 0.6) is 0 Å². The maximum atomic E-state index is 13.4. The van der Waals surface area contributed by atoms with Crippen LogP contribution in [-0.4, -0.2) is 28.0 Å². The highest BCUT2D eigenvalue weighted by molar-refractivity contribution is 8.00. The molecule has 0 aliphatic heterocycles. The molecule has 3 aromatic carbocycles. The van der Waals surface area contributed by atoms with Crippen LogP contribution in [0.4, 0.5) is 10.8 Å². The Bertz CT molecular complexity index is 1530. The van der Waals surface area contributed by atoms with E-state index in [2.05, 4.69) is 20.9 Å². The van der Waals surface area contributed by atoms with E-state index in [0.717, 1.165) is 4.90 Å². The van der Waals surface area contributed by atoms with Crippen molar-refractivity contribution >= 4 is 80.9 Å². The fraction of sp³-hybridized carbons (Fsp3) is 0.103. The number of thiazole rings is 1. The number of anilines is 2. The summed E-state index contributed by atoms with van der Waals surface area (Å²) in [6.07, 6.45) is 3.72. The number of hydrogen-bond donors (Lipinski definition) is 3. The van der Waals surface area contributed by atoms with Gasteiger partial charge in [-0.15, -0.1) is 23.1 Å². The van der Waals surface area contributed by atoms with Crippen LogP contribution in [0, 0.1) is 0 Å². The Hall–Kier alpha value is -3.63. The van der Waals surface area contributed by atoms with Gasteiger partial charge in [0.05, 0.1) is 5.25 Å². The molecule has 7 nitrogen and oxygen atoms in total. The molecule has 0 saturated heterocycles. The summed E-state index contributed by atoms with van der Waals surface area (Å²) in [6, 6.07) is 20.6. The quantitative estimate of drug-likeness (QED) is 0.128. The van der Waals surface area contributed by atoms with Crippen LogP contribution in [0.3, 0.4) is 0 Å². The number of benzene rings is 3. The molecule has 0 spiro atoms. The molecule has 3 amide bonds. The monoisotopic (exact) mass is 610 g/mol. The van der Waals surface area contributed by atoms with Crippen molar-refractivity contribution in [3.63, 3.8) is 0 Å². The number of thioether (sulfide) groups is 1. The van der Waals surface area contributed by atoms with Gasteiger partial charge >= 0.3 is 0 Å². The molecule has 1 atom stereocenters. The number of carbonyl (C=O) groups is 3. The van der Waals surface area contributed by atoms with Crippen LogP contribution in [0.1, 0.15) is 29.3 Å². The Morgan fingerprint density at radius 2 is 1.80 bits per heavy atom. The minimum atomic E-state index is -0.550. The Labute approximate surface area is 250 Å². The van der Waals surface area contributed by atoms with Gasteiger partial charge in [0, 0.05) is 37.8 Å². The van der Waals surface area contributed by atoms with Crippen molar-refractivity contribution in [3.8, 4) is 0 Å². The second-order valence-electron chi connectivity index (χ2n) is 8.37. The molecule has 4 aromatic rings. The molecule has 204 valence electrons. The number of nitrogens with one attached hydrogen (secondary N) is 3. The molecular formula is C29H24Cl2N4O3S2. The van der Waals surface area contributed by atoms with Crippen molar-refractivity contribution in [2.24, 2.45) is 0 Å². The lowest BCUT2D eigenvalue weighted by atomic mass is 10.1. The van der Waals surface area contributed by atoms with Gasteiger partial charge in [-0.05, 0) is 60.5 Å². The third-order valence-electron chi connectivity index (χ3n) is 5.49. The van der Waals surface area contributed by atoms with E-state index in [1.165, 1.54) is 29.2 Å². The fourth-order valence-corrected chi connectivity index (χ4v) is 5.53. The van der Waals surface area contributed by atoms with Crippen molar-refractivity contribution < 1.29 is 14.4 Å². The number of halogens is 2. The minimum absolute atomic E-state index is 0.00890. The average Bonchev–Trinajstić information content (AvgIpc) is 3.46. The molecule has 3 N–H and O–H groups in total. The van der Waals surface area contributed by atoms with Crippen molar-refractivity contribution in [3.05, 3.63) is 111 Å². The maximum Gasteiger partial charge on any atom is 0.272 e. The van der Waals surface area contributed by atoms with E-state index in [-0.39, 0.29) is 16.9 Å². The first-order chi connectivity index (χ1) is 19.3. The van der Waals surface area contributed by atoms with Crippen LogP contribution in [0.25, 0.3) is 6.08 Å². The van der Waals surface area contributed by atoms with E-state index < -0.39 is 11.8 Å². The fourth-order valence-electron chi connectivity index (χ4n) is 3.52. The molecule has 0 aliphatic carbocycles. The highest BCUT2D eigenvalue weighted by Crippen LogP contribution is 2.29. The predicted molar refractivity (Wildman–Crippen MR) is 164 cm³/mol. The van der Waals surface area contributed by atoms with Gasteiger partial charge in [0.1, 0.15) is 5.70 Å². The van der Waals surface area contributed by atoms with E-state index in [9.17, 15) is 14.4 Å². The number of carbonyl (C=O) groups excluding carboxylic acids is 3. The number of amides is 3. The zero-order valence-electron chi connectivity index (χ0n) is 21.2. The number of rotatable bonds is 10. The van der Waals surface area contributed by atoms with E-state index in [4.69, 9.17) is 23.2 Å². The molecule has 0 bridgehead atoms. The molecule has 11 heteroatoms. The highest BCUT2D eigenvalue weighted by atomic mass is 35.5. The van der Waals surface area contributed by atoms with Gasteiger partial charge in [0.2, 0.25) is 5.91 Å². The first kappa shape index (κ1) is 29.4. The van der Waals surface area contributed by atoms with E-state index in [1.54, 1.807) is 78.3 Å². The zero-order chi connectivity index (χ0) is 28.5. The van der Waals surface area contributed by atoms with Crippen LogP contribution < -0.4 is 16.0 Å². The molecule has 0 fully saturated rings. The summed E-state index contributed by atoms with van der Waals surface area (Å²) in [5.41, 5.74) is 1.38. The van der Waals surface area contributed by atoms with Gasteiger partial charge in [0.15, 0.2) is 5.13 Å². The van der Waals surface area contributed by atoms with Gasteiger partial charge in [-0.2, -0.15) is 0 Å². The first-order valence-electron chi connectivity index (χ1n) is 12.1. The van der Waals surface area contributed by atoms with Crippen molar-refractivity contribution in [1.29, 1.82) is 0 Å². The third kappa shape index (κ3) is 8.19.